The third-order valence-corrected chi connectivity index (χ3v) is 4.19. The fourth-order valence-electron chi connectivity index (χ4n) is 2.34. The van der Waals surface area contributed by atoms with Gasteiger partial charge in [0.05, 0.1) is 17.0 Å². The minimum Gasteiger partial charge on any atom is -0.363 e. The second-order valence-electron chi connectivity index (χ2n) is 4.72. The molecule has 1 fully saturated rings. The van der Waals surface area contributed by atoms with Crippen LogP contribution in [-0.2, 0) is 0 Å². The van der Waals surface area contributed by atoms with Crippen LogP contribution in [0.3, 0.4) is 0 Å². The van der Waals surface area contributed by atoms with E-state index in [0.29, 0.717) is 18.8 Å². The van der Waals surface area contributed by atoms with Gasteiger partial charge in [-0.05, 0) is 41.6 Å². The zero-order valence-corrected chi connectivity index (χ0v) is 13.3. The summed E-state index contributed by atoms with van der Waals surface area (Å²) >= 11 is 2.08. The number of rotatable bonds is 3. The number of nitriles is 1. The number of halogens is 1. The summed E-state index contributed by atoms with van der Waals surface area (Å²) in [6, 6.07) is 7.41. The van der Waals surface area contributed by atoms with Gasteiger partial charge in [-0.2, -0.15) is 5.26 Å². The van der Waals surface area contributed by atoms with E-state index in [9.17, 15) is 10.1 Å². The van der Waals surface area contributed by atoms with E-state index >= 15 is 0 Å². The summed E-state index contributed by atoms with van der Waals surface area (Å²) in [5.74, 6) is 0. The summed E-state index contributed by atoms with van der Waals surface area (Å²) in [6.45, 7) is 4.78. The van der Waals surface area contributed by atoms with Gasteiger partial charge in [-0.1, -0.05) is 0 Å². The van der Waals surface area contributed by atoms with Crippen LogP contribution in [0.25, 0.3) is 0 Å². The minimum absolute atomic E-state index is 0.108. The summed E-state index contributed by atoms with van der Waals surface area (Å²) in [5, 5.41) is 20.1. The van der Waals surface area contributed by atoms with Crippen LogP contribution in [0.15, 0.2) is 18.2 Å². The summed E-state index contributed by atoms with van der Waals surface area (Å²) in [5.41, 5.74) is 0.818. The van der Waals surface area contributed by atoms with Crippen LogP contribution >= 0.6 is 22.6 Å². The molecule has 0 N–H and O–H groups in total. The molecule has 1 unspecified atom stereocenters. The Morgan fingerprint density at radius 1 is 1.40 bits per heavy atom. The Kier molecular flexibility index (Phi) is 4.77. The Balaban J connectivity index is 2.15. The molecule has 0 saturated carbocycles. The second-order valence-corrected chi connectivity index (χ2v) is 5.96. The number of hydrogen-bond acceptors (Lipinski definition) is 5. The number of nitro groups is 1. The molecule has 2 rings (SSSR count). The molecule has 1 atom stereocenters. The topological polar surface area (TPSA) is 73.4 Å². The van der Waals surface area contributed by atoms with Crippen molar-refractivity contribution in [3.63, 3.8) is 0 Å². The van der Waals surface area contributed by atoms with E-state index in [4.69, 9.17) is 5.26 Å². The average molecular weight is 386 g/mol. The van der Waals surface area contributed by atoms with Crippen molar-refractivity contribution in [2.45, 2.75) is 13.0 Å². The van der Waals surface area contributed by atoms with Crippen molar-refractivity contribution in [3.05, 3.63) is 31.9 Å². The monoisotopic (exact) mass is 386 g/mol. The van der Waals surface area contributed by atoms with E-state index in [1.165, 1.54) is 0 Å². The number of benzene rings is 1. The quantitative estimate of drug-likeness (QED) is 0.453. The lowest BCUT2D eigenvalue weighted by Crippen LogP contribution is -2.49. The summed E-state index contributed by atoms with van der Waals surface area (Å²) in [7, 11) is 0. The van der Waals surface area contributed by atoms with Crippen LogP contribution in [-0.4, -0.2) is 42.0 Å². The standard InChI is InChI=1S/C13H15IN4O2/c1-10(9-15)16-4-6-17(7-5-16)12-3-2-11(14)8-13(12)18(19)20/h2-3,8,10H,4-7H2,1H3. The average Bonchev–Trinajstić information content (AvgIpc) is 2.46. The molecule has 0 aliphatic carbocycles. The predicted molar refractivity (Wildman–Crippen MR) is 84.7 cm³/mol. The summed E-state index contributed by atoms with van der Waals surface area (Å²) < 4.78 is 0.856. The highest BCUT2D eigenvalue weighted by Crippen LogP contribution is 2.30. The highest BCUT2D eigenvalue weighted by Gasteiger charge is 2.25. The molecule has 1 heterocycles. The van der Waals surface area contributed by atoms with Gasteiger partial charge in [0.15, 0.2) is 0 Å². The van der Waals surface area contributed by atoms with Crippen LogP contribution in [0.5, 0.6) is 0 Å². The van der Waals surface area contributed by atoms with E-state index in [1.807, 2.05) is 24.0 Å². The van der Waals surface area contributed by atoms with Crippen LogP contribution in [0.2, 0.25) is 0 Å². The first kappa shape index (κ1) is 15.0. The maximum Gasteiger partial charge on any atom is 0.293 e. The second kappa shape index (κ2) is 6.37. The molecule has 0 amide bonds. The molecule has 1 aliphatic rings. The predicted octanol–water partition coefficient (Wildman–Crippen LogP) is 2.23. The highest BCUT2D eigenvalue weighted by atomic mass is 127. The third kappa shape index (κ3) is 3.19. The Morgan fingerprint density at radius 3 is 2.60 bits per heavy atom. The van der Waals surface area contributed by atoms with Gasteiger partial charge in [-0.3, -0.25) is 15.0 Å². The van der Waals surface area contributed by atoms with E-state index in [2.05, 4.69) is 33.6 Å². The molecular weight excluding hydrogens is 371 g/mol. The first-order valence-corrected chi connectivity index (χ1v) is 7.43. The Bertz CT molecular complexity index is 550. The van der Waals surface area contributed by atoms with Crippen molar-refractivity contribution >= 4 is 34.0 Å². The fourth-order valence-corrected chi connectivity index (χ4v) is 2.82. The lowest BCUT2D eigenvalue weighted by atomic mass is 10.2. The summed E-state index contributed by atoms with van der Waals surface area (Å²) in [4.78, 5) is 14.9. The summed E-state index contributed by atoms with van der Waals surface area (Å²) in [6.07, 6.45) is 0. The Labute approximate surface area is 131 Å². The van der Waals surface area contributed by atoms with Crippen molar-refractivity contribution in [1.29, 1.82) is 5.26 Å². The van der Waals surface area contributed by atoms with Gasteiger partial charge in [0.1, 0.15) is 5.69 Å². The molecule has 0 radical (unpaired) electrons. The molecule has 0 aromatic heterocycles. The number of anilines is 1. The maximum atomic E-state index is 11.2. The Morgan fingerprint density at radius 2 is 2.05 bits per heavy atom. The van der Waals surface area contributed by atoms with Gasteiger partial charge in [0.25, 0.3) is 5.69 Å². The zero-order chi connectivity index (χ0) is 14.7. The van der Waals surface area contributed by atoms with Crippen molar-refractivity contribution in [2.75, 3.05) is 31.1 Å². The third-order valence-electron chi connectivity index (χ3n) is 3.52. The van der Waals surface area contributed by atoms with Crippen molar-refractivity contribution < 1.29 is 4.92 Å². The molecule has 7 heteroatoms. The lowest BCUT2D eigenvalue weighted by molar-refractivity contribution is -0.384. The van der Waals surface area contributed by atoms with E-state index in [0.717, 1.165) is 16.7 Å². The van der Waals surface area contributed by atoms with Gasteiger partial charge in [-0.15, -0.1) is 0 Å². The molecular formula is C13H15IN4O2. The number of hydrogen-bond donors (Lipinski definition) is 0. The molecule has 1 aliphatic heterocycles. The molecule has 106 valence electrons. The highest BCUT2D eigenvalue weighted by molar-refractivity contribution is 14.1. The van der Waals surface area contributed by atoms with Gasteiger partial charge >= 0.3 is 0 Å². The minimum atomic E-state index is -0.332. The molecule has 1 aromatic carbocycles. The number of nitro benzene ring substituents is 1. The van der Waals surface area contributed by atoms with Crippen molar-refractivity contribution in [3.8, 4) is 6.07 Å². The molecule has 1 saturated heterocycles. The Hall–Kier alpha value is -1.40. The van der Waals surface area contributed by atoms with E-state index in [-0.39, 0.29) is 16.7 Å². The van der Waals surface area contributed by atoms with Crippen molar-refractivity contribution in [2.24, 2.45) is 0 Å². The van der Waals surface area contributed by atoms with Crippen LogP contribution in [0.1, 0.15) is 6.92 Å². The first-order valence-electron chi connectivity index (χ1n) is 6.35. The first-order chi connectivity index (χ1) is 9.52. The number of piperazine rings is 1. The zero-order valence-electron chi connectivity index (χ0n) is 11.1. The van der Waals surface area contributed by atoms with E-state index < -0.39 is 0 Å². The lowest BCUT2D eigenvalue weighted by Gasteiger charge is -2.36. The fraction of sp³-hybridized carbons (Fsp3) is 0.462. The SMILES string of the molecule is CC(C#N)N1CCN(c2ccc(I)cc2[N+](=O)[O-])CC1. The largest absolute Gasteiger partial charge is 0.363 e. The molecule has 6 nitrogen and oxygen atoms in total. The van der Waals surface area contributed by atoms with Crippen LogP contribution < -0.4 is 4.90 Å². The molecule has 20 heavy (non-hydrogen) atoms. The number of nitrogens with zero attached hydrogens (tertiary/aromatic N) is 4. The van der Waals surface area contributed by atoms with E-state index in [1.54, 1.807) is 6.07 Å². The normalized spacial score (nSPS) is 17.6. The van der Waals surface area contributed by atoms with Gasteiger partial charge in [0, 0.05) is 35.8 Å². The van der Waals surface area contributed by atoms with Crippen molar-refractivity contribution in [1.82, 2.24) is 4.90 Å². The van der Waals surface area contributed by atoms with Gasteiger partial charge < -0.3 is 4.90 Å². The molecule has 0 spiro atoms. The molecule has 1 aromatic rings. The smallest absolute Gasteiger partial charge is 0.293 e. The van der Waals surface area contributed by atoms with Gasteiger partial charge in [0.2, 0.25) is 0 Å². The maximum absolute atomic E-state index is 11.2. The van der Waals surface area contributed by atoms with Crippen LogP contribution in [0, 0.1) is 25.0 Å². The van der Waals surface area contributed by atoms with Crippen LogP contribution in [0.4, 0.5) is 11.4 Å². The molecule has 0 bridgehead atoms. The van der Waals surface area contributed by atoms with Gasteiger partial charge in [-0.25, -0.2) is 0 Å².